The van der Waals surface area contributed by atoms with Crippen LogP contribution in [0.2, 0.25) is 0 Å². The standard InChI is InChI=1S/C14H12BrF2N3O.C10H5Br2F2N/c1-7-13(15)12-9(17)4-8(16)5-10(12)19-14(7)20-3-2-18-11(21)6-20;1-4-9(11)8-6(14)2-5(13)3-7(8)15-10(4)12/h4-5H,2-3,6H2,1H3,(H,18,21);2-3H,1H3. The summed E-state index contributed by atoms with van der Waals surface area (Å²) in [6.07, 6.45) is 0. The fraction of sp³-hybridized carbons (Fsp3) is 0.208. The SMILES string of the molecule is Cc1c(Br)nc2cc(F)cc(F)c2c1Br.Cc1c(N2CCNC(=O)C2)nc2cc(F)cc(F)c2c1Br. The van der Waals surface area contributed by atoms with Crippen LogP contribution in [0.15, 0.2) is 37.8 Å². The van der Waals surface area contributed by atoms with Gasteiger partial charge in [-0.3, -0.25) is 4.79 Å². The number of benzene rings is 2. The Morgan fingerprint density at radius 3 is 1.92 bits per heavy atom. The number of anilines is 1. The van der Waals surface area contributed by atoms with Crippen molar-refractivity contribution in [2.24, 2.45) is 0 Å². The number of carbonyl (C=O) groups is 1. The maximum Gasteiger partial charge on any atom is 0.239 e. The lowest BCUT2D eigenvalue weighted by molar-refractivity contribution is -0.120. The molecule has 0 radical (unpaired) electrons. The van der Waals surface area contributed by atoms with Gasteiger partial charge in [-0.1, -0.05) is 0 Å². The van der Waals surface area contributed by atoms with E-state index in [2.05, 4.69) is 63.1 Å². The van der Waals surface area contributed by atoms with Gasteiger partial charge in [-0.05, 0) is 67.2 Å². The molecule has 0 saturated carbocycles. The number of hydrogen-bond acceptors (Lipinski definition) is 4. The molecule has 0 bridgehead atoms. The van der Waals surface area contributed by atoms with Crippen molar-refractivity contribution in [3.05, 3.63) is 72.2 Å². The quantitative estimate of drug-likeness (QED) is 0.175. The predicted molar refractivity (Wildman–Crippen MR) is 141 cm³/mol. The molecule has 1 aliphatic heterocycles. The van der Waals surface area contributed by atoms with E-state index < -0.39 is 23.3 Å². The van der Waals surface area contributed by atoms with Crippen molar-refractivity contribution < 1.29 is 22.4 Å². The number of nitrogens with one attached hydrogen (secondary N) is 1. The second-order valence-corrected chi connectivity index (χ2v) is 10.4. The van der Waals surface area contributed by atoms with Gasteiger partial charge in [0, 0.05) is 51.9 Å². The lowest BCUT2D eigenvalue weighted by Crippen LogP contribution is -2.48. The Kier molecular flexibility index (Phi) is 7.86. The molecule has 1 saturated heterocycles. The summed E-state index contributed by atoms with van der Waals surface area (Å²) in [5.41, 5.74) is 2.03. The fourth-order valence-corrected chi connectivity index (χ4v) is 5.61. The molecular weight excluding hydrogens is 676 g/mol. The summed E-state index contributed by atoms with van der Waals surface area (Å²) >= 11 is 9.86. The van der Waals surface area contributed by atoms with Crippen molar-refractivity contribution >= 4 is 81.3 Å². The van der Waals surface area contributed by atoms with Gasteiger partial charge in [-0.2, -0.15) is 0 Å². The third-order valence-electron chi connectivity index (χ3n) is 5.59. The van der Waals surface area contributed by atoms with Crippen molar-refractivity contribution in [3.8, 4) is 0 Å². The molecule has 0 aliphatic carbocycles. The van der Waals surface area contributed by atoms with Crippen LogP contribution in [-0.2, 0) is 4.79 Å². The van der Waals surface area contributed by atoms with Gasteiger partial charge in [0.25, 0.3) is 0 Å². The Balaban J connectivity index is 0.000000179. The van der Waals surface area contributed by atoms with E-state index in [1.54, 1.807) is 18.7 Å². The van der Waals surface area contributed by atoms with Crippen LogP contribution in [0.3, 0.4) is 0 Å². The summed E-state index contributed by atoms with van der Waals surface area (Å²) in [6.45, 7) is 4.90. The van der Waals surface area contributed by atoms with Crippen molar-refractivity contribution in [1.82, 2.24) is 15.3 Å². The number of rotatable bonds is 1. The number of piperazine rings is 1. The number of fused-ring (bicyclic) bond motifs is 2. The van der Waals surface area contributed by atoms with Gasteiger partial charge in [0.1, 0.15) is 33.7 Å². The van der Waals surface area contributed by atoms with Gasteiger partial charge in [-0.15, -0.1) is 0 Å². The minimum absolute atomic E-state index is 0.0934. The van der Waals surface area contributed by atoms with Crippen molar-refractivity contribution in [1.29, 1.82) is 0 Å². The second-order valence-electron chi connectivity index (χ2n) is 8.05. The molecular formula is C24H17Br3F4N4O. The number of nitrogens with zero attached hydrogens (tertiary/aromatic N) is 3. The van der Waals surface area contributed by atoms with E-state index in [0.717, 1.165) is 23.3 Å². The molecule has 188 valence electrons. The maximum atomic E-state index is 13.9. The Hall–Kier alpha value is -2.31. The van der Waals surface area contributed by atoms with Crippen LogP contribution in [0.25, 0.3) is 21.8 Å². The first kappa shape index (κ1) is 26.7. The highest BCUT2D eigenvalue weighted by Gasteiger charge is 2.22. The molecule has 5 rings (SSSR count). The van der Waals surface area contributed by atoms with Crippen LogP contribution in [0, 0.1) is 37.1 Å². The van der Waals surface area contributed by atoms with Gasteiger partial charge in [-0.25, -0.2) is 27.5 Å². The van der Waals surface area contributed by atoms with Crippen molar-refractivity contribution in [2.45, 2.75) is 13.8 Å². The molecule has 4 aromatic rings. The summed E-state index contributed by atoms with van der Waals surface area (Å²) in [5, 5.41) is 3.28. The molecule has 2 aromatic heterocycles. The predicted octanol–water partition coefficient (Wildman–Crippen LogP) is 6.87. The van der Waals surface area contributed by atoms with Gasteiger partial charge in [0.2, 0.25) is 5.91 Å². The third-order valence-corrected chi connectivity index (χ3v) is 8.35. The summed E-state index contributed by atoms with van der Waals surface area (Å²) in [6, 6.07) is 4.08. The second kappa shape index (κ2) is 10.6. The molecule has 1 amide bonds. The van der Waals surface area contributed by atoms with E-state index >= 15 is 0 Å². The lowest BCUT2D eigenvalue weighted by Gasteiger charge is -2.29. The minimum atomic E-state index is -0.675. The minimum Gasteiger partial charge on any atom is -0.353 e. The van der Waals surface area contributed by atoms with E-state index in [1.165, 1.54) is 12.1 Å². The van der Waals surface area contributed by atoms with E-state index in [4.69, 9.17) is 0 Å². The smallest absolute Gasteiger partial charge is 0.239 e. The van der Waals surface area contributed by atoms with Crippen LogP contribution in [0.5, 0.6) is 0 Å². The van der Waals surface area contributed by atoms with Gasteiger partial charge in [0.15, 0.2) is 0 Å². The Morgan fingerprint density at radius 1 is 0.833 bits per heavy atom. The molecule has 12 heteroatoms. The summed E-state index contributed by atoms with van der Waals surface area (Å²) in [7, 11) is 0. The van der Waals surface area contributed by atoms with E-state index in [0.29, 0.717) is 37.8 Å². The zero-order chi connectivity index (χ0) is 26.3. The maximum absolute atomic E-state index is 13.9. The highest BCUT2D eigenvalue weighted by molar-refractivity contribution is 9.11. The van der Waals surface area contributed by atoms with Gasteiger partial charge >= 0.3 is 0 Å². The average Bonchev–Trinajstić information content (AvgIpc) is 2.79. The number of pyridine rings is 2. The topological polar surface area (TPSA) is 58.1 Å². The van der Waals surface area contributed by atoms with E-state index in [-0.39, 0.29) is 28.9 Å². The van der Waals surface area contributed by atoms with Crippen LogP contribution < -0.4 is 10.2 Å². The molecule has 0 unspecified atom stereocenters. The largest absolute Gasteiger partial charge is 0.353 e. The molecule has 0 spiro atoms. The molecule has 2 aromatic carbocycles. The summed E-state index contributed by atoms with van der Waals surface area (Å²) < 4.78 is 55.5. The molecule has 5 nitrogen and oxygen atoms in total. The van der Waals surface area contributed by atoms with Gasteiger partial charge < -0.3 is 10.2 Å². The average molecular weight is 693 g/mol. The zero-order valence-electron chi connectivity index (χ0n) is 18.8. The highest BCUT2D eigenvalue weighted by Crippen LogP contribution is 2.35. The number of aromatic nitrogens is 2. The number of carbonyl (C=O) groups excluding carboxylic acids is 1. The Morgan fingerprint density at radius 2 is 1.36 bits per heavy atom. The molecule has 1 fully saturated rings. The molecule has 1 N–H and O–H groups in total. The first-order valence-electron chi connectivity index (χ1n) is 10.5. The number of halogens is 7. The Bertz CT molecular complexity index is 1530. The van der Waals surface area contributed by atoms with Crippen molar-refractivity contribution in [2.75, 3.05) is 24.5 Å². The lowest BCUT2D eigenvalue weighted by atomic mass is 10.1. The normalized spacial score (nSPS) is 13.6. The van der Waals surface area contributed by atoms with Crippen molar-refractivity contribution in [3.63, 3.8) is 0 Å². The third kappa shape index (κ3) is 5.21. The summed E-state index contributed by atoms with van der Waals surface area (Å²) in [5.74, 6) is -2.10. The van der Waals surface area contributed by atoms with Gasteiger partial charge in [0.05, 0.1) is 28.4 Å². The Labute approximate surface area is 228 Å². The molecule has 0 atom stereocenters. The number of hydrogen-bond donors (Lipinski definition) is 1. The van der Waals surface area contributed by atoms with Crippen LogP contribution in [0.4, 0.5) is 23.4 Å². The zero-order valence-corrected chi connectivity index (χ0v) is 23.6. The first-order chi connectivity index (χ1) is 17.0. The van der Waals surface area contributed by atoms with E-state index in [9.17, 15) is 22.4 Å². The fourth-order valence-electron chi connectivity index (χ4n) is 3.81. The molecule has 36 heavy (non-hydrogen) atoms. The molecule has 3 heterocycles. The first-order valence-corrected chi connectivity index (χ1v) is 12.9. The van der Waals surface area contributed by atoms with E-state index in [1.807, 2.05) is 0 Å². The van der Waals surface area contributed by atoms with Crippen LogP contribution >= 0.6 is 47.8 Å². The number of amides is 1. The monoisotopic (exact) mass is 690 g/mol. The van der Waals surface area contributed by atoms with Crippen LogP contribution in [0.1, 0.15) is 11.1 Å². The highest BCUT2D eigenvalue weighted by atomic mass is 79.9. The van der Waals surface area contributed by atoms with Crippen LogP contribution in [-0.4, -0.2) is 35.5 Å². The molecule has 1 aliphatic rings. The summed E-state index contributed by atoms with van der Waals surface area (Å²) in [4.78, 5) is 21.7.